The van der Waals surface area contributed by atoms with Crippen LogP contribution in [0.25, 0.3) is 11.1 Å². The average molecular weight is 345 g/mol. The summed E-state index contributed by atoms with van der Waals surface area (Å²) in [5.74, 6) is -0.132. The van der Waals surface area contributed by atoms with E-state index in [1.807, 2.05) is 22.8 Å². The SMILES string of the molecule is Cc1ccc(Cn2c(C(=O)NCc3cccnc3)cc3occc32)cc1. The van der Waals surface area contributed by atoms with Gasteiger partial charge in [0.1, 0.15) is 5.69 Å². The highest BCUT2D eigenvalue weighted by molar-refractivity contribution is 5.97. The van der Waals surface area contributed by atoms with Crippen molar-refractivity contribution in [3.63, 3.8) is 0 Å². The highest BCUT2D eigenvalue weighted by Crippen LogP contribution is 2.22. The Balaban J connectivity index is 1.60. The summed E-state index contributed by atoms with van der Waals surface area (Å²) in [4.78, 5) is 16.8. The maximum atomic E-state index is 12.8. The lowest BCUT2D eigenvalue weighted by Crippen LogP contribution is -2.25. The van der Waals surface area contributed by atoms with E-state index in [1.54, 1.807) is 24.7 Å². The van der Waals surface area contributed by atoms with Crippen LogP contribution >= 0.6 is 0 Å². The number of furan rings is 1. The molecule has 5 nitrogen and oxygen atoms in total. The van der Waals surface area contributed by atoms with E-state index in [1.165, 1.54) is 5.56 Å². The van der Waals surface area contributed by atoms with E-state index in [-0.39, 0.29) is 5.91 Å². The number of rotatable bonds is 5. The first-order chi connectivity index (χ1) is 12.7. The Kier molecular flexibility index (Phi) is 4.27. The third kappa shape index (κ3) is 3.24. The topological polar surface area (TPSA) is 60.1 Å². The van der Waals surface area contributed by atoms with Gasteiger partial charge in [0.25, 0.3) is 5.91 Å². The summed E-state index contributed by atoms with van der Waals surface area (Å²) in [7, 11) is 0. The molecular formula is C21H19N3O2. The minimum absolute atomic E-state index is 0.132. The van der Waals surface area contributed by atoms with Gasteiger partial charge in [0, 0.05) is 37.6 Å². The van der Waals surface area contributed by atoms with Crippen LogP contribution in [0.5, 0.6) is 0 Å². The van der Waals surface area contributed by atoms with Crippen molar-refractivity contribution in [3.05, 3.63) is 89.6 Å². The number of hydrogen-bond donors (Lipinski definition) is 1. The Morgan fingerprint density at radius 1 is 1.15 bits per heavy atom. The zero-order chi connectivity index (χ0) is 17.9. The molecule has 4 aromatic rings. The first kappa shape index (κ1) is 16.1. The van der Waals surface area contributed by atoms with Crippen molar-refractivity contribution in [2.24, 2.45) is 0 Å². The number of aromatic nitrogens is 2. The van der Waals surface area contributed by atoms with Crippen LogP contribution in [0.15, 0.2) is 71.6 Å². The molecule has 0 unspecified atom stereocenters. The molecule has 1 aromatic carbocycles. The fraction of sp³-hybridized carbons (Fsp3) is 0.143. The number of aryl methyl sites for hydroxylation is 1. The molecule has 0 saturated heterocycles. The molecule has 0 aliphatic carbocycles. The van der Waals surface area contributed by atoms with Gasteiger partial charge in [0.15, 0.2) is 5.58 Å². The Morgan fingerprint density at radius 3 is 2.77 bits per heavy atom. The fourth-order valence-electron chi connectivity index (χ4n) is 2.99. The van der Waals surface area contributed by atoms with Gasteiger partial charge in [-0.3, -0.25) is 9.78 Å². The van der Waals surface area contributed by atoms with Crippen LogP contribution < -0.4 is 5.32 Å². The van der Waals surface area contributed by atoms with Crippen molar-refractivity contribution in [1.29, 1.82) is 0 Å². The molecule has 0 aliphatic rings. The van der Waals surface area contributed by atoms with Gasteiger partial charge < -0.3 is 14.3 Å². The maximum absolute atomic E-state index is 12.8. The van der Waals surface area contributed by atoms with Crippen molar-refractivity contribution in [2.75, 3.05) is 0 Å². The minimum Gasteiger partial charge on any atom is -0.463 e. The number of pyridine rings is 1. The summed E-state index contributed by atoms with van der Waals surface area (Å²) >= 11 is 0. The van der Waals surface area contributed by atoms with Crippen molar-refractivity contribution in [1.82, 2.24) is 14.9 Å². The summed E-state index contributed by atoms with van der Waals surface area (Å²) in [5, 5.41) is 2.96. The first-order valence-corrected chi connectivity index (χ1v) is 8.50. The molecular weight excluding hydrogens is 326 g/mol. The van der Waals surface area contributed by atoms with E-state index in [4.69, 9.17) is 4.42 Å². The molecule has 3 heterocycles. The normalized spacial score (nSPS) is 11.0. The number of carbonyl (C=O) groups excluding carboxylic acids is 1. The van der Waals surface area contributed by atoms with Crippen LogP contribution in [0.2, 0.25) is 0 Å². The van der Waals surface area contributed by atoms with Crippen LogP contribution in [-0.2, 0) is 13.1 Å². The van der Waals surface area contributed by atoms with Crippen molar-refractivity contribution in [2.45, 2.75) is 20.0 Å². The second-order valence-electron chi connectivity index (χ2n) is 6.32. The number of nitrogens with one attached hydrogen (secondary N) is 1. The van der Waals surface area contributed by atoms with Crippen LogP contribution in [-0.4, -0.2) is 15.5 Å². The second kappa shape index (κ2) is 6.88. The Labute approximate surface area is 151 Å². The van der Waals surface area contributed by atoms with E-state index in [0.29, 0.717) is 24.4 Å². The van der Waals surface area contributed by atoms with Gasteiger partial charge in [-0.1, -0.05) is 35.9 Å². The Bertz CT molecular complexity index is 1030. The van der Waals surface area contributed by atoms with Crippen LogP contribution in [0.4, 0.5) is 0 Å². The predicted molar refractivity (Wildman–Crippen MR) is 99.9 cm³/mol. The zero-order valence-electron chi connectivity index (χ0n) is 14.5. The Hall–Kier alpha value is -3.34. The predicted octanol–water partition coefficient (Wildman–Crippen LogP) is 3.92. The minimum atomic E-state index is -0.132. The molecule has 0 aliphatic heterocycles. The molecule has 1 amide bonds. The summed E-state index contributed by atoms with van der Waals surface area (Å²) in [5.41, 5.74) is 5.52. The molecule has 1 N–H and O–H groups in total. The van der Waals surface area contributed by atoms with E-state index >= 15 is 0 Å². The molecule has 0 spiro atoms. The summed E-state index contributed by atoms with van der Waals surface area (Å²) in [6.07, 6.45) is 5.11. The van der Waals surface area contributed by atoms with Crippen molar-refractivity contribution < 1.29 is 9.21 Å². The van der Waals surface area contributed by atoms with E-state index in [2.05, 4.69) is 41.5 Å². The van der Waals surface area contributed by atoms with E-state index in [0.717, 1.165) is 16.6 Å². The molecule has 0 radical (unpaired) electrons. The third-order valence-corrected chi connectivity index (χ3v) is 4.39. The highest BCUT2D eigenvalue weighted by Gasteiger charge is 2.17. The standard InChI is InChI=1S/C21H19N3O2/c1-15-4-6-16(7-5-15)14-24-18-8-10-26-20(18)11-19(24)21(25)23-13-17-3-2-9-22-12-17/h2-12H,13-14H2,1H3,(H,23,25). The molecule has 4 rings (SSSR count). The van der Waals surface area contributed by atoms with Crippen LogP contribution in [0.3, 0.4) is 0 Å². The number of fused-ring (bicyclic) bond motifs is 1. The molecule has 130 valence electrons. The van der Waals surface area contributed by atoms with Gasteiger partial charge in [-0.2, -0.15) is 0 Å². The first-order valence-electron chi connectivity index (χ1n) is 8.50. The van der Waals surface area contributed by atoms with Crippen molar-refractivity contribution in [3.8, 4) is 0 Å². The molecule has 0 bridgehead atoms. The lowest BCUT2D eigenvalue weighted by Gasteiger charge is -2.11. The zero-order valence-corrected chi connectivity index (χ0v) is 14.5. The number of carbonyl (C=O) groups is 1. The lowest BCUT2D eigenvalue weighted by molar-refractivity contribution is 0.0942. The van der Waals surface area contributed by atoms with Crippen molar-refractivity contribution >= 4 is 17.0 Å². The molecule has 3 aromatic heterocycles. The molecule has 0 atom stereocenters. The molecule has 26 heavy (non-hydrogen) atoms. The lowest BCUT2D eigenvalue weighted by atomic mass is 10.1. The maximum Gasteiger partial charge on any atom is 0.268 e. The van der Waals surface area contributed by atoms with Gasteiger partial charge in [-0.05, 0) is 24.1 Å². The number of hydrogen-bond acceptors (Lipinski definition) is 3. The van der Waals surface area contributed by atoms with Gasteiger partial charge in [-0.25, -0.2) is 0 Å². The average Bonchev–Trinajstić information content (AvgIpc) is 3.25. The third-order valence-electron chi connectivity index (χ3n) is 4.39. The van der Waals surface area contributed by atoms with Gasteiger partial charge in [-0.15, -0.1) is 0 Å². The van der Waals surface area contributed by atoms with Crippen LogP contribution in [0.1, 0.15) is 27.2 Å². The van der Waals surface area contributed by atoms with E-state index < -0.39 is 0 Å². The number of amides is 1. The second-order valence-corrected chi connectivity index (χ2v) is 6.32. The largest absolute Gasteiger partial charge is 0.463 e. The molecule has 0 saturated carbocycles. The van der Waals surface area contributed by atoms with Gasteiger partial charge in [0.05, 0.1) is 11.8 Å². The summed E-state index contributed by atoms with van der Waals surface area (Å²) < 4.78 is 7.49. The molecule has 0 fully saturated rings. The smallest absolute Gasteiger partial charge is 0.268 e. The highest BCUT2D eigenvalue weighted by atomic mass is 16.3. The van der Waals surface area contributed by atoms with Gasteiger partial charge in [0.2, 0.25) is 0 Å². The number of benzene rings is 1. The number of nitrogens with zero attached hydrogens (tertiary/aromatic N) is 2. The monoisotopic (exact) mass is 345 g/mol. The van der Waals surface area contributed by atoms with Crippen LogP contribution in [0, 0.1) is 6.92 Å². The Morgan fingerprint density at radius 2 is 2.00 bits per heavy atom. The summed E-state index contributed by atoms with van der Waals surface area (Å²) in [6.45, 7) is 3.10. The quantitative estimate of drug-likeness (QED) is 0.596. The summed E-state index contributed by atoms with van der Waals surface area (Å²) in [6, 6.07) is 15.8. The van der Waals surface area contributed by atoms with E-state index in [9.17, 15) is 4.79 Å². The fourth-order valence-corrected chi connectivity index (χ4v) is 2.99. The van der Waals surface area contributed by atoms with Gasteiger partial charge >= 0.3 is 0 Å². The molecule has 5 heteroatoms.